The van der Waals surface area contributed by atoms with Crippen molar-refractivity contribution in [3.05, 3.63) is 23.2 Å². The van der Waals surface area contributed by atoms with Gasteiger partial charge in [0, 0.05) is 24.8 Å². The van der Waals surface area contributed by atoms with Crippen molar-refractivity contribution in [3.63, 3.8) is 0 Å². The summed E-state index contributed by atoms with van der Waals surface area (Å²) >= 11 is 6.11. The first-order valence-electron chi connectivity index (χ1n) is 7.31. The van der Waals surface area contributed by atoms with E-state index in [0.717, 1.165) is 0 Å². The lowest BCUT2D eigenvalue weighted by Gasteiger charge is -2.16. The molecule has 0 aliphatic carbocycles. The number of anilines is 1. The minimum atomic E-state index is -0.619. The second-order valence-corrected chi connectivity index (χ2v) is 5.56. The Hall–Kier alpha value is -1.50. The fourth-order valence-corrected chi connectivity index (χ4v) is 1.88. The summed E-state index contributed by atoms with van der Waals surface area (Å²) in [5, 5.41) is 18.6. The minimum Gasteiger partial charge on any atom is -0.489 e. The van der Waals surface area contributed by atoms with Crippen LogP contribution in [0.15, 0.2) is 18.2 Å². The molecule has 0 aliphatic rings. The van der Waals surface area contributed by atoms with Gasteiger partial charge < -0.3 is 25.8 Å². The number of carbonyl (C=O) groups is 1. The highest BCUT2D eigenvalue weighted by atomic mass is 35.5. The minimum absolute atomic E-state index is 0.141. The molecule has 1 unspecified atom stereocenters. The van der Waals surface area contributed by atoms with Gasteiger partial charge in [-0.3, -0.25) is 0 Å². The van der Waals surface area contributed by atoms with Crippen LogP contribution in [-0.4, -0.2) is 43.0 Å². The third kappa shape index (κ3) is 6.98. The predicted octanol–water partition coefficient (Wildman–Crippen LogP) is 2.22. The third-order valence-electron chi connectivity index (χ3n) is 2.72. The Morgan fingerprint density at radius 2 is 2.14 bits per heavy atom. The Bertz CT molecular complexity index is 483. The molecule has 0 saturated carbocycles. The molecule has 0 bridgehead atoms. The predicted molar refractivity (Wildman–Crippen MR) is 88.8 cm³/mol. The van der Waals surface area contributed by atoms with E-state index in [1.165, 1.54) is 0 Å². The summed E-state index contributed by atoms with van der Waals surface area (Å²) in [6.07, 6.45) is -0.619. The van der Waals surface area contributed by atoms with E-state index in [4.69, 9.17) is 16.3 Å². The molecular formula is C15H24ClN3O3. The summed E-state index contributed by atoms with van der Waals surface area (Å²) in [5.41, 5.74) is 0.574. The number of hydrogen-bond donors (Lipinski definition) is 4. The molecule has 1 rings (SSSR count). The van der Waals surface area contributed by atoms with Crippen molar-refractivity contribution < 1.29 is 14.6 Å². The van der Waals surface area contributed by atoms with E-state index < -0.39 is 6.10 Å². The molecule has 124 valence electrons. The molecule has 7 heteroatoms. The average Bonchev–Trinajstić information content (AvgIpc) is 2.44. The number of amides is 2. The maximum absolute atomic E-state index is 11.4. The first-order valence-corrected chi connectivity index (χ1v) is 7.68. The lowest BCUT2D eigenvalue weighted by atomic mass is 10.3. The van der Waals surface area contributed by atoms with Gasteiger partial charge in [0.15, 0.2) is 0 Å². The molecule has 0 spiro atoms. The van der Waals surface area contributed by atoms with Crippen molar-refractivity contribution in [2.24, 2.45) is 0 Å². The highest BCUT2D eigenvalue weighted by molar-refractivity contribution is 6.32. The maximum Gasteiger partial charge on any atom is 0.319 e. The van der Waals surface area contributed by atoms with Crippen LogP contribution in [0.2, 0.25) is 5.02 Å². The lowest BCUT2D eigenvalue weighted by Crippen LogP contribution is -2.35. The van der Waals surface area contributed by atoms with Gasteiger partial charge >= 0.3 is 6.03 Å². The number of hydrogen-bond acceptors (Lipinski definition) is 4. The number of urea groups is 1. The highest BCUT2D eigenvalue weighted by Gasteiger charge is 2.09. The third-order valence-corrected chi connectivity index (χ3v) is 3.02. The Labute approximate surface area is 136 Å². The molecule has 1 atom stereocenters. The number of aliphatic hydroxyl groups is 1. The zero-order chi connectivity index (χ0) is 16.5. The first-order chi connectivity index (χ1) is 10.4. The van der Waals surface area contributed by atoms with Crippen molar-refractivity contribution in [2.75, 3.05) is 25.0 Å². The van der Waals surface area contributed by atoms with Crippen molar-refractivity contribution >= 4 is 23.3 Å². The maximum atomic E-state index is 11.4. The second kappa shape index (κ2) is 9.50. The quantitative estimate of drug-likeness (QED) is 0.589. The van der Waals surface area contributed by atoms with E-state index in [2.05, 4.69) is 16.0 Å². The topological polar surface area (TPSA) is 82.6 Å². The van der Waals surface area contributed by atoms with E-state index in [0.29, 0.717) is 35.6 Å². The molecule has 0 aliphatic heterocycles. The average molecular weight is 330 g/mol. The van der Waals surface area contributed by atoms with Gasteiger partial charge in [0.2, 0.25) is 0 Å². The Kier molecular flexibility index (Phi) is 8.01. The molecule has 0 aromatic heterocycles. The summed E-state index contributed by atoms with van der Waals surface area (Å²) in [5.74, 6) is 0.465. The molecular weight excluding hydrogens is 306 g/mol. The fraction of sp³-hybridized carbons (Fsp3) is 0.533. The highest BCUT2D eigenvalue weighted by Crippen LogP contribution is 2.27. The van der Waals surface area contributed by atoms with Crippen LogP contribution in [-0.2, 0) is 0 Å². The van der Waals surface area contributed by atoms with E-state index in [1.807, 2.05) is 20.8 Å². The van der Waals surface area contributed by atoms with E-state index >= 15 is 0 Å². The van der Waals surface area contributed by atoms with Crippen LogP contribution in [0, 0.1) is 0 Å². The zero-order valence-electron chi connectivity index (χ0n) is 13.1. The van der Waals surface area contributed by atoms with Crippen LogP contribution in [0.3, 0.4) is 0 Å². The number of rotatable bonds is 8. The van der Waals surface area contributed by atoms with Crippen LogP contribution in [0.4, 0.5) is 10.5 Å². The SMILES string of the molecule is CCNC(=O)Nc1ccc(OCC(O)CNC(C)C)c(Cl)c1. The molecule has 0 fully saturated rings. The van der Waals surface area contributed by atoms with Crippen LogP contribution in [0.25, 0.3) is 0 Å². The Balaban J connectivity index is 2.50. The first kappa shape index (κ1) is 18.5. The lowest BCUT2D eigenvalue weighted by molar-refractivity contribution is 0.105. The van der Waals surface area contributed by atoms with Gasteiger partial charge in [-0.2, -0.15) is 0 Å². The molecule has 6 nitrogen and oxygen atoms in total. The summed E-state index contributed by atoms with van der Waals surface area (Å²) < 4.78 is 5.49. The second-order valence-electron chi connectivity index (χ2n) is 5.16. The van der Waals surface area contributed by atoms with Crippen LogP contribution < -0.4 is 20.7 Å². The van der Waals surface area contributed by atoms with Gasteiger partial charge in [-0.05, 0) is 25.1 Å². The summed E-state index contributed by atoms with van der Waals surface area (Å²) in [6, 6.07) is 4.97. The molecule has 4 N–H and O–H groups in total. The van der Waals surface area contributed by atoms with Crippen LogP contribution in [0.1, 0.15) is 20.8 Å². The summed E-state index contributed by atoms with van der Waals surface area (Å²) in [4.78, 5) is 11.4. The van der Waals surface area contributed by atoms with Gasteiger partial charge in [0.1, 0.15) is 18.5 Å². The van der Waals surface area contributed by atoms with Gasteiger partial charge in [-0.15, -0.1) is 0 Å². The van der Waals surface area contributed by atoms with Gasteiger partial charge in [-0.25, -0.2) is 4.79 Å². The number of halogens is 1. The number of aliphatic hydroxyl groups excluding tert-OH is 1. The number of nitrogens with one attached hydrogen (secondary N) is 3. The monoisotopic (exact) mass is 329 g/mol. The fourth-order valence-electron chi connectivity index (χ4n) is 1.65. The number of carbonyl (C=O) groups excluding carboxylic acids is 1. The van der Waals surface area contributed by atoms with Crippen LogP contribution in [0.5, 0.6) is 5.75 Å². The molecule has 22 heavy (non-hydrogen) atoms. The Morgan fingerprint density at radius 3 is 2.73 bits per heavy atom. The molecule has 2 amide bonds. The summed E-state index contributed by atoms with van der Waals surface area (Å²) in [7, 11) is 0. The van der Waals surface area contributed by atoms with Crippen molar-refractivity contribution in [1.29, 1.82) is 0 Å². The summed E-state index contributed by atoms with van der Waals surface area (Å²) in [6.45, 7) is 6.98. The number of benzene rings is 1. The van der Waals surface area contributed by atoms with Crippen molar-refractivity contribution in [2.45, 2.75) is 32.9 Å². The standard InChI is InChI=1S/C15H24ClN3O3/c1-4-17-15(21)19-11-5-6-14(13(16)7-11)22-9-12(20)8-18-10(2)3/h5-7,10,12,18,20H,4,8-9H2,1-3H3,(H2,17,19,21). The largest absolute Gasteiger partial charge is 0.489 e. The molecule has 0 heterocycles. The molecule has 1 aromatic carbocycles. The molecule has 1 aromatic rings. The number of ether oxygens (including phenoxy) is 1. The normalized spacial score (nSPS) is 12.1. The van der Waals surface area contributed by atoms with E-state index in [-0.39, 0.29) is 12.6 Å². The van der Waals surface area contributed by atoms with Gasteiger partial charge in [-0.1, -0.05) is 25.4 Å². The molecule has 0 radical (unpaired) electrons. The molecule has 0 saturated heterocycles. The van der Waals surface area contributed by atoms with Gasteiger partial charge in [0.25, 0.3) is 0 Å². The van der Waals surface area contributed by atoms with Crippen LogP contribution >= 0.6 is 11.6 Å². The zero-order valence-corrected chi connectivity index (χ0v) is 13.9. The van der Waals surface area contributed by atoms with Gasteiger partial charge in [0.05, 0.1) is 5.02 Å². The van der Waals surface area contributed by atoms with E-state index in [9.17, 15) is 9.90 Å². The van der Waals surface area contributed by atoms with Crippen molar-refractivity contribution in [1.82, 2.24) is 10.6 Å². The smallest absolute Gasteiger partial charge is 0.319 e. The van der Waals surface area contributed by atoms with Crippen molar-refractivity contribution in [3.8, 4) is 5.75 Å². The Morgan fingerprint density at radius 1 is 1.41 bits per heavy atom. The van der Waals surface area contributed by atoms with E-state index in [1.54, 1.807) is 18.2 Å².